The Kier molecular flexibility index (Phi) is 5.77. The fraction of sp³-hybridized carbons (Fsp3) is 0.300. The second-order valence-electron chi connectivity index (χ2n) is 6.46. The van der Waals surface area contributed by atoms with Gasteiger partial charge in [0.15, 0.2) is 16.3 Å². The summed E-state index contributed by atoms with van der Waals surface area (Å²) in [5, 5.41) is 11.1. The number of non-ortho nitro benzene ring substituents is 1. The molecule has 0 radical (unpaired) electrons. The van der Waals surface area contributed by atoms with Gasteiger partial charge in [0.2, 0.25) is 6.10 Å². The van der Waals surface area contributed by atoms with Crippen molar-refractivity contribution in [3.8, 4) is 11.5 Å². The Morgan fingerprint density at radius 3 is 2.90 bits per heavy atom. The minimum Gasteiger partial charge on any atom is -0.485 e. The van der Waals surface area contributed by atoms with Crippen LogP contribution >= 0.6 is 11.3 Å². The van der Waals surface area contributed by atoms with E-state index in [9.17, 15) is 14.9 Å². The molecular formula is C20H19N3O6S. The molecule has 1 aromatic heterocycles. The van der Waals surface area contributed by atoms with Gasteiger partial charge in [-0.2, -0.15) is 4.99 Å². The van der Waals surface area contributed by atoms with Crippen LogP contribution in [-0.2, 0) is 16.1 Å². The molecule has 30 heavy (non-hydrogen) atoms. The maximum absolute atomic E-state index is 12.8. The van der Waals surface area contributed by atoms with Crippen LogP contribution in [0.25, 0.3) is 10.2 Å². The molecule has 0 bridgehead atoms. The predicted octanol–water partition coefficient (Wildman–Crippen LogP) is 2.91. The maximum atomic E-state index is 12.8. The van der Waals surface area contributed by atoms with Crippen molar-refractivity contribution in [1.82, 2.24) is 4.57 Å². The number of thiazole rings is 1. The zero-order chi connectivity index (χ0) is 21.1. The number of nitro groups is 1. The van der Waals surface area contributed by atoms with Crippen LogP contribution in [-0.4, -0.2) is 41.3 Å². The molecule has 1 aliphatic rings. The molecular weight excluding hydrogens is 410 g/mol. The summed E-state index contributed by atoms with van der Waals surface area (Å²) in [6, 6.07) is 11.7. The summed E-state index contributed by atoms with van der Waals surface area (Å²) < 4.78 is 19.3. The molecule has 4 rings (SSSR count). The number of nitrogens with zero attached hydrogens (tertiary/aromatic N) is 3. The lowest BCUT2D eigenvalue weighted by molar-refractivity contribution is -0.384. The highest BCUT2D eigenvalue weighted by atomic mass is 32.1. The van der Waals surface area contributed by atoms with Crippen LogP contribution in [0.5, 0.6) is 11.5 Å². The van der Waals surface area contributed by atoms with E-state index in [0.717, 1.165) is 5.52 Å². The maximum Gasteiger partial charge on any atom is 0.292 e. The van der Waals surface area contributed by atoms with Crippen LogP contribution in [0.4, 0.5) is 5.69 Å². The number of ether oxygens (including phenoxy) is 3. The van der Waals surface area contributed by atoms with Crippen molar-refractivity contribution in [1.29, 1.82) is 0 Å². The van der Waals surface area contributed by atoms with Gasteiger partial charge in [-0.25, -0.2) is 0 Å². The number of rotatable bonds is 6. The SMILES string of the molecule is CCOCCn1c(=NC(=O)C2COc3ccccc3O2)sc2cc([N+](=O)[O-])ccc21. The number of nitro benzene ring substituents is 1. The van der Waals surface area contributed by atoms with E-state index in [2.05, 4.69) is 4.99 Å². The molecule has 0 N–H and O–H groups in total. The second-order valence-corrected chi connectivity index (χ2v) is 7.47. The van der Waals surface area contributed by atoms with Crippen molar-refractivity contribution in [2.24, 2.45) is 4.99 Å². The summed E-state index contributed by atoms with van der Waals surface area (Å²) in [4.78, 5) is 28.1. The van der Waals surface area contributed by atoms with Crippen LogP contribution < -0.4 is 14.3 Å². The molecule has 0 fully saturated rings. The second kappa shape index (κ2) is 8.64. The third-order valence-electron chi connectivity index (χ3n) is 4.53. The highest BCUT2D eigenvalue weighted by molar-refractivity contribution is 7.16. The van der Waals surface area contributed by atoms with Crippen LogP contribution in [0.1, 0.15) is 6.92 Å². The van der Waals surface area contributed by atoms with Crippen molar-refractivity contribution in [2.45, 2.75) is 19.6 Å². The average Bonchev–Trinajstić information content (AvgIpc) is 3.09. The van der Waals surface area contributed by atoms with Gasteiger partial charge in [-0.05, 0) is 25.1 Å². The summed E-state index contributed by atoms with van der Waals surface area (Å²) in [5.74, 6) is 0.603. The van der Waals surface area contributed by atoms with Gasteiger partial charge in [-0.15, -0.1) is 0 Å². The van der Waals surface area contributed by atoms with Gasteiger partial charge in [0, 0.05) is 25.3 Å². The minimum atomic E-state index is -0.861. The first kappa shape index (κ1) is 20.0. The lowest BCUT2D eigenvalue weighted by Gasteiger charge is -2.23. The molecule has 0 saturated carbocycles. The largest absolute Gasteiger partial charge is 0.485 e. The topological polar surface area (TPSA) is 105 Å². The number of hydrogen-bond acceptors (Lipinski definition) is 7. The summed E-state index contributed by atoms with van der Waals surface area (Å²) >= 11 is 1.21. The lowest BCUT2D eigenvalue weighted by atomic mass is 10.2. The van der Waals surface area contributed by atoms with Crippen molar-refractivity contribution in [3.05, 3.63) is 57.4 Å². The summed E-state index contributed by atoms with van der Waals surface area (Å²) in [6.45, 7) is 3.41. The zero-order valence-electron chi connectivity index (χ0n) is 16.1. The Bertz CT molecular complexity index is 1170. The summed E-state index contributed by atoms with van der Waals surface area (Å²) in [6.07, 6.45) is -0.861. The van der Waals surface area contributed by atoms with Gasteiger partial charge >= 0.3 is 0 Å². The molecule has 3 aromatic rings. The predicted molar refractivity (Wildman–Crippen MR) is 110 cm³/mol. The van der Waals surface area contributed by atoms with Crippen LogP contribution in [0.3, 0.4) is 0 Å². The third kappa shape index (κ3) is 4.05. The van der Waals surface area contributed by atoms with Gasteiger partial charge in [0.1, 0.15) is 6.61 Å². The van der Waals surface area contributed by atoms with Gasteiger partial charge in [-0.1, -0.05) is 23.5 Å². The van der Waals surface area contributed by atoms with Crippen LogP contribution in [0, 0.1) is 10.1 Å². The molecule has 1 amide bonds. The zero-order valence-corrected chi connectivity index (χ0v) is 17.0. The molecule has 156 valence electrons. The van der Waals surface area contributed by atoms with E-state index in [1.165, 1.54) is 23.5 Å². The smallest absolute Gasteiger partial charge is 0.292 e. The number of aromatic nitrogens is 1. The monoisotopic (exact) mass is 429 g/mol. The minimum absolute atomic E-state index is 0.0146. The van der Waals surface area contributed by atoms with E-state index in [0.29, 0.717) is 40.8 Å². The third-order valence-corrected chi connectivity index (χ3v) is 5.57. The van der Waals surface area contributed by atoms with E-state index in [1.54, 1.807) is 24.3 Å². The van der Waals surface area contributed by atoms with Crippen LogP contribution in [0.2, 0.25) is 0 Å². The first-order valence-electron chi connectivity index (χ1n) is 9.39. The summed E-state index contributed by atoms with van der Waals surface area (Å²) in [7, 11) is 0. The van der Waals surface area contributed by atoms with E-state index in [4.69, 9.17) is 14.2 Å². The number of fused-ring (bicyclic) bond motifs is 2. The van der Waals surface area contributed by atoms with E-state index >= 15 is 0 Å². The number of benzene rings is 2. The Hall–Kier alpha value is -3.24. The Labute approximate surface area is 175 Å². The van der Waals surface area contributed by atoms with Crippen LogP contribution in [0.15, 0.2) is 47.5 Å². The van der Waals surface area contributed by atoms with Crippen molar-refractivity contribution in [3.63, 3.8) is 0 Å². The van der Waals surface area contributed by atoms with Gasteiger partial charge < -0.3 is 18.8 Å². The normalized spacial score (nSPS) is 16.0. The first-order chi connectivity index (χ1) is 14.6. The number of hydrogen-bond donors (Lipinski definition) is 0. The highest BCUT2D eigenvalue weighted by Gasteiger charge is 2.27. The lowest BCUT2D eigenvalue weighted by Crippen LogP contribution is -2.37. The van der Waals surface area contributed by atoms with Gasteiger partial charge in [-0.3, -0.25) is 14.9 Å². The Morgan fingerprint density at radius 1 is 1.33 bits per heavy atom. The first-order valence-corrected chi connectivity index (χ1v) is 10.2. The molecule has 1 aliphatic heterocycles. The fourth-order valence-electron chi connectivity index (χ4n) is 3.08. The van der Waals surface area contributed by atoms with Crippen molar-refractivity contribution in [2.75, 3.05) is 19.8 Å². The van der Waals surface area contributed by atoms with Gasteiger partial charge in [0.05, 0.1) is 21.7 Å². The standard InChI is InChI=1S/C20H19N3O6S/c1-2-27-10-9-22-14-8-7-13(23(25)26)11-18(14)30-20(22)21-19(24)17-12-28-15-5-3-4-6-16(15)29-17/h3-8,11,17H,2,9-10,12H2,1H3. The van der Waals surface area contributed by atoms with Crippen molar-refractivity contribution < 1.29 is 23.9 Å². The molecule has 10 heteroatoms. The average molecular weight is 429 g/mol. The summed E-state index contributed by atoms with van der Waals surface area (Å²) in [5.41, 5.74) is 0.738. The van der Waals surface area contributed by atoms with E-state index in [1.807, 2.05) is 17.6 Å². The fourth-order valence-corrected chi connectivity index (χ4v) is 4.18. The molecule has 2 aromatic carbocycles. The van der Waals surface area contributed by atoms with E-state index in [-0.39, 0.29) is 12.3 Å². The molecule has 1 unspecified atom stereocenters. The Morgan fingerprint density at radius 2 is 2.13 bits per heavy atom. The van der Waals surface area contributed by atoms with Crippen molar-refractivity contribution >= 4 is 33.1 Å². The Balaban J connectivity index is 1.69. The number of carbonyl (C=O) groups is 1. The molecule has 9 nitrogen and oxygen atoms in total. The highest BCUT2D eigenvalue weighted by Crippen LogP contribution is 2.31. The number of para-hydroxylation sites is 2. The van der Waals surface area contributed by atoms with E-state index < -0.39 is 16.9 Å². The quantitative estimate of drug-likeness (QED) is 0.339. The number of amides is 1. The molecule has 2 heterocycles. The van der Waals surface area contributed by atoms with Gasteiger partial charge in [0.25, 0.3) is 11.6 Å². The molecule has 0 spiro atoms. The molecule has 1 atom stereocenters. The molecule has 0 aliphatic carbocycles. The number of carbonyl (C=O) groups excluding carboxylic acids is 1. The molecule has 0 saturated heterocycles.